The largest absolute Gasteiger partial charge is 0.379 e. The van der Waals surface area contributed by atoms with Gasteiger partial charge < -0.3 is 14.4 Å². The summed E-state index contributed by atoms with van der Waals surface area (Å²) in [7, 11) is 1.81. The van der Waals surface area contributed by atoms with Crippen molar-refractivity contribution in [3.63, 3.8) is 0 Å². The van der Waals surface area contributed by atoms with Crippen molar-refractivity contribution < 1.29 is 14.3 Å². The molecule has 104 valence electrons. The van der Waals surface area contributed by atoms with Crippen molar-refractivity contribution in [1.29, 1.82) is 0 Å². The second-order valence-electron chi connectivity index (χ2n) is 3.79. The number of carbonyl (C=O) groups excluding carboxylic acids is 1. The summed E-state index contributed by atoms with van der Waals surface area (Å²) < 4.78 is 10.6. The fraction of sp³-hybridized carbons (Fsp3) is 0.923. The summed E-state index contributed by atoms with van der Waals surface area (Å²) in [6.45, 7) is 7.37. The van der Waals surface area contributed by atoms with Crippen LogP contribution in [-0.2, 0) is 14.3 Å². The number of nitrogens with zero attached hydrogens (tertiary/aromatic N) is 1. The Labute approximate surface area is 106 Å². The maximum atomic E-state index is 11.4. The molecule has 0 saturated carbocycles. The lowest BCUT2D eigenvalue weighted by molar-refractivity contribution is -0.130. The predicted molar refractivity (Wildman–Crippen MR) is 71.2 cm³/mol. The normalized spacial score (nSPS) is 9.82. The van der Waals surface area contributed by atoms with Gasteiger partial charge in [-0.2, -0.15) is 0 Å². The third-order valence-electron chi connectivity index (χ3n) is 2.18. The summed E-state index contributed by atoms with van der Waals surface area (Å²) in [6, 6.07) is 0. The zero-order valence-corrected chi connectivity index (χ0v) is 10.8. The molecule has 0 aromatic carbocycles. The van der Waals surface area contributed by atoms with Crippen molar-refractivity contribution in [2.24, 2.45) is 0 Å². The van der Waals surface area contributed by atoms with Crippen molar-refractivity contribution >= 4 is 5.91 Å². The molecule has 0 atom stereocenters. The average Bonchev–Trinajstić information content (AvgIpc) is 2.28. The van der Waals surface area contributed by atoms with Gasteiger partial charge in [-0.3, -0.25) is 4.79 Å². The molecule has 0 heterocycles. The van der Waals surface area contributed by atoms with E-state index in [4.69, 9.17) is 9.47 Å². The standard InChI is InChI=1S/C12H25NO3.CH4/c1-4-6-12(14)13(3)7-9-16-11-10-15-8-5-2;/h4-11H2,1-3H3;1H4. The monoisotopic (exact) mass is 247 g/mol. The molecule has 0 radical (unpaired) electrons. The molecule has 0 N–H and O–H groups in total. The molecule has 17 heavy (non-hydrogen) atoms. The lowest BCUT2D eigenvalue weighted by atomic mass is 10.3. The van der Waals surface area contributed by atoms with E-state index in [0.717, 1.165) is 19.4 Å². The first kappa shape index (κ1) is 18.7. The first-order chi connectivity index (χ1) is 7.72. The van der Waals surface area contributed by atoms with Crippen molar-refractivity contribution in [2.45, 2.75) is 40.5 Å². The highest BCUT2D eigenvalue weighted by Gasteiger charge is 2.05. The number of likely N-dealkylation sites (N-methyl/N-ethyl adjacent to an activating group) is 1. The summed E-state index contributed by atoms with van der Waals surface area (Å²) >= 11 is 0. The molecule has 0 fully saturated rings. The third kappa shape index (κ3) is 11.6. The Morgan fingerprint density at radius 2 is 1.59 bits per heavy atom. The van der Waals surface area contributed by atoms with Crippen LogP contribution < -0.4 is 0 Å². The second kappa shape index (κ2) is 13.5. The molecule has 0 aromatic heterocycles. The molecular formula is C13H29NO3. The highest BCUT2D eigenvalue weighted by atomic mass is 16.5. The molecular weight excluding hydrogens is 218 g/mol. The van der Waals surface area contributed by atoms with Gasteiger partial charge in [0, 0.05) is 26.6 Å². The number of carbonyl (C=O) groups is 1. The lowest BCUT2D eigenvalue weighted by Gasteiger charge is -2.16. The van der Waals surface area contributed by atoms with Crippen LogP contribution in [0.1, 0.15) is 40.5 Å². The minimum absolute atomic E-state index is 0. The maximum Gasteiger partial charge on any atom is 0.222 e. The molecule has 0 bridgehead atoms. The number of ether oxygens (including phenoxy) is 2. The zero-order chi connectivity index (χ0) is 12.2. The molecule has 0 aliphatic rings. The van der Waals surface area contributed by atoms with E-state index in [1.807, 2.05) is 14.0 Å². The summed E-state index contributed by atoms with van der Waals surface area (Å²) in [6.07, 6.45) is 2.55. The van der Waals surface area contributed by atoms with Crippen molar-refractivity contribution in [2.75, 3.05) is 40.0 Å². The van der Waals surface area contributed by atoms with E-state index >= 15 is 0 Å². The van der Waals surface area contributed by atoms with Crippen LogP contribution in [0.2, 0.25) is 0 Å². The molecule has 0 aromatic rings. The Morgan fingerprint density at radius 3 is 2.12 bits per heavy atom. The van der Waals surface area contributed by atoms with Crippen LogP contribution in [0.3, 0.4) is 0 Å². The van der Waals surface area contributed by atoms with Crippen LogP contribution >= 0.6 is 0 Å². The molecule has 0 unspecified atom stereocenters. The van der Waals surface area contributed by atoms with Gasteiger partial charge >= 0.3 is 0 Å². The molecule has 0 saturated heterocycles. The Kier molecular flexibility index (Phi) is 14.8. The van der Waals surface area contributed by atoms with Crippen LogP contribution in [0.15, 0.2) is 0 Å². The summed E-state index contributed by atoms with van der Waals surface area (Å²) in [4.78, 5) is 13.1. The van der Waals surface area contributed by atoms with Crippen molar-refractivity contribution in [3.05, 3.63) is 0 Å². The maximum absolute atomic E-state index is 11.4. The minimum atomic E-state index is 0. The van der Waals surface area contributed by atoms with E-state index in [9.17, 15) is 4.79 Å². The van der Waals surface area contributed by atoms with Gasteiger partial charge in [-0.25, -0.2) is 0 Å². The molecule has 0 aliphatic carbocycles. The Morgan fingerprint density at radius 1 is 1.00 bits per heavy atom. The Bertz CT molecular complexity index is 174. The molecule has 0 rings (SSSR count). The van der Waals surface area contributed by atoms with Gasteiger partial charge in [0.05, 0.1) is 19.8 Å². The topological polar surface area (TPSA) is 38.8 Å². The fourth-order valence-electron chi connectivity index (χ4n) is 1.20. The molecule has 1 amide bonds. The summed E-state index contributed by atoms with van der Waals surface area (Å²) in [5, 5.41) is 0. The van der Waals surface area contributed by atoms with Gasteiger partial charge in [-0.05, 0) is 12.8 Å². The van der Waals surface area contributed by atoms with E-state index in [2.05, 4.69) is 6.92 Å². The van der Waals surface area contributed by atoms with Gasteiger partial charge in [0.15, 0.2) is 0 Å². The van der Waals surface area contributed by atoms with E-state index in [1.165, 1.54) is 0 Å². The van der Waals surface area contributed by atoms with Gasteiger partial charge in [-0.15, -0.1) is 0 Å². The van der Waals surface area contributed by atoms with Crippen LogP contribution in [0.25, 0.3) is 0 Å². The van der Waals surface area contributed by atoms with E-state index < -0.39 is 0 Å². The van der Waals surface area contributed by atoms with Gasteiger partial charge in [-0.1, -0.05) is 21.3 Å². The first-order valence-corrected chi connectivity index (χ1v) is 6.11. The molecule has 4 nitrogen and oxygen atoms in total. The third-order valence-corrected chi connectivity index (χ3v) is 2.18. The smallest absolute Gasteiger partial charge is 0.222 e. The van der Waals surface area contributed by atoms with E-state index in [-0.39, 0.29) is 13.3 Å². The van der Waals surface area contributed by atoms with E-state index in [0.29, 0.717) is 32.8 Å². The van der Waals surface area contributed by atoms with Crippen LogP contribution in [-0.4, -0.2) is 50.8 Å². The van der Waals surface area contributed by atoms with Crippen molar-refractivity contribution in [3.8, 4) is 0 Å². The minimum Gasteiger partial charge on any atom is -0.379 e. The summed E-state index contributed by atoms with van der Waals surface area (Å²) in [5.41, 5.74) is 0. The van der Waals surface area contributed by atoms with Gasteiger partial charge in [0.1, 0.15) is 0 Å². The number of hydrogen-bond acceptors (Lipinski definition) is 3. The van der Waals surface area contributed by atoms with Crippen LogP contribution in [0.5, 0.6) is 0 Å². The van der Waals surface area contributed by atoms with Crippen LogP contribution in [0, 0.1) is 0 Å². The van der Waals surface area contributed by atoms with Gasteiger partial charge in [0.25, 0.3) is 0 Å². The Hall–Kier alpha value is -0.610. The fourth-order valence-corrected chi connectivity index (χ4v) is 1.20. The average molecular weight is 247 g/mol. The predicted octanol–water partition coefficient (Wildman–Crippen LogP) is 2.32. The SMILES string of the molecule is C.CCCOCCOCCN(C)C(=O)CCC. The molecule has 0 aliphatic heterocycles. The number of rotatable bonds is 10. The first-order valence-electron chi connectivity index (χ1n) is 6.11. The van der Waals surface area contributed by atoms with E-state index in [1.54, 1.807) is 4.90 Å². The molecule has 0 spiro atoms. The second-order valence-corrected chi connectivity index (χ2v) is 3.79. The highest BCUT2D eigenvalue weighted by Crippen LogP contribution is 1.94. The lowest BCUT2D eigenvalue weighted by Crippen LogP contribution is -2.30. The van der Waals surface area contributed by atoms with Crippen molar-refractivity contribution in [1.82, 2.24) is 4.90 Å². The quantitative estimate of drug-likeness (QED) is 0.556. The number of amides is 1. The van der Waals surface area contributed by atoms with Crippen LogP contribution in [0.4, 0.5) is 0 Å². The van der Waals surface area contributed by atoms with Gasteiger partial charge in [0.2, 0.25) is 5.91 Å². The zero-order valence-electron chi connectivity index (χ0n) is 10.8. The Balaban J connectivity index is 0. The number of hydrogen-bond donors (Lipinski definition) is 0. The highest BCUT2D eigenvalue weighted by molar-refractivity contribution is 5.75. The molecule has 4 heteroatoms. The summed E-state index contributed by atoms with van der Waals surface area (Å²) in [5.74, 6) is 0.188.